The first kappa shape index (κ1) is 26.8. The summed E-state index contributed by atoms with van der Waals surface area (Å²) in [5, 5.41) is 1.09. The Kier molecular flexibility index (Phi) is 8.44. The molecule has 2 fully saturated rings. The Hall–Kier alpha value is -2.77. The number of piperidine rings is 1. The average Bonchev–Trinajstić information content (AvgIpc) is 3.55. The van der Waals surface area contributed by atoms with Gasteiger partial charge in [-0.15, -0.1) is 0 Å². The Balaban J connectivity index is 1.46. The minimum Gasteiger partial charge on any atom is -0.493 e. The van der Waals surface area contributed by atoms with Gasteiger partial charge in [0, 0.05) is 42.8 Å². The minimum absolute atomic E-state index is 0.668. The van der Waals surface area contributed by atoms with Crippen LogP contribution >= 0.6 is 0 Å². The van der Waals surface area contributed by atoms with Crippen molar-refractivity contribution in [3.8, 4) is 22.8 Å². The quantitative estimate of drug-likeness (QED) is 0.315. The Morgan fingerprint density at radius 3 is 2.47 bits per heavy atom. The average molecular weight is 521 g/mol. The molecule has 206 valence electrons. The topological polar surface area (TPSA) is 54.2 Å². The molecular formula is C31H44N4O3. The smallest absolute Gasteiger partial charge is 0.163 e. The van der Waals surface area contributed by atoms with Gasteiger partial charge in [0.2, 0.25) is 0 Å². The molecule has 7 heteroatoms. The molecule has 0 N–H and O–H groups in total. The van der Waals surface area contributed by atoms with Crippen molar-refractivity contribution in [1.29, 1.82) is 0 Å². The number of nitrogens with zero attached hydrogens (tertiary/aromatic N) is 4. The van der Waals surface area contributed by atoms with Gasteiger partial charge < -0.3 is 28.6 Å². The zero-order valence-corrected chi connectivity index (χ0v) is 23.9. The Morgan fingerprint density at radius 2 is 1.79 bits per heavy atom. The lowest BCUT2D eigenvalue weighted by Crippen LogP contribution is -2.35. The van der Waals surface area contributed by atoms with E-state index in [9.17, 15) is 0 Å². The highest BCUT2D eigenvalue weighted by molar-refractivity contribution is 5.96. The van der Waals surface area contributed by atoms with Crippen molar-refractivity contribution in [1.82, 2.24) is 14.8 Å². The molecule has 3 aromatic rings. The van der Waals surface area contributed by atoms with Crippen LogP contribution in [0.5, 0.6) is 11.5 Å². The number of rotatable bonds is 10. The van der Waals surface area contributed by atoms with Gasteiger partial charge in [0.05, 0.1) is 24.9 Å². The molecule has 38 heavy (non-hydrogen) atoms. The summed E-state index contributed by atoms with van der Waals surface area (Å²) in [7, 11) is 6.15. The zero-order chi connectivity index (χ0) is 26.6. The van der Waals surface area contributed by atoms with Crippen LogP contribution in [0.25, 0.3) is 22.2 Å². The third-order valence-corrected chi connectivity index (χ3v) is 8.25. The molecule has 7 nitrogen and oxygen atoms in total. The van der Waals surface area contributed by atoms with E-state index in [0.717, 1.165) is 64.7 Å². The first-order valence-electron chi connectivity index (χ1n) is 14.3. The van der Waals surface area contributed by atoms with Crippen LogP contribution in [0.3, 0.4) is 0 Å². The summed E-state index contributed by atoms with van der Waals surface area (Å²) in [6, 6.07) is 8.46. The fourth-order valence-electron chi connectivity index (χ4n) is 6.03. The maximum Gasteiger partial charge on any atom is 0.163 e. The number of methoxy groups -OCH3 is 1. The number of fused-ring (bicyclic) bond motifs is 1. The standard InChI is InChI=1S/C31H44N4O3/c1-22-17-25(23(2)38-22)27-19-29(34(4)21-24-9-14-33(3)15-10-24)26-18-30(36-5)31(20-28(26)32-27)37-16-8-13-35-11-6-7-12-35/h17-20,24H,6-16,21H2,1-5H3. The second-order valence-corrected chi connectivity index (χ2v) is 11.3. The van der Waals surface area contributed by atoms with Gasteiger partial charge >= 0.3 is 0 Å². The second kappa shape index (κ2) is 12.0. The minimum atomic E-state index is 0.668. The molecule has 0 bridgehead atoms. The number of hydrogen-bond donors (Lipinski definition) is 0. The molecule has 2 aromatic heterocycles. The summed E-state index contributed by atoms with van der Waals surface area (Å²) >= 11 is 0. The Labute approximate surface area is 227 Å². The number of aromatic nitrogens is 1. The molecular weight excluding hydrogens is 476 g/mol. The lowest BCUT2D eigenvalue weighted by molar-refractivity contribution is 0.222. The maximum atomic E-state index is 6.27. The Morgan fingerprint density at radius 1 is 1.03 bits per heavy atom. The number of aryl methyl sites for hydroxylation is 2. The van der Waals surface area contributed by atoms with Crippen LogP contribution in [0.15, 0.2) is 28.7 Å². The summed E-state index contributed by atoms with van der Waals surface area (Å²) in [5.41, 5.74) is 4.06. The second-order valence-electron chi connectivity index (χ2n) is 11.3. The maximum absolute atomic E-state index is 6.27. The molecule has 0 amide bonds. The molecule has 2 aliphatic rings. The van der Waals surface area contributed by atoms with E-state index >= 15 is 0 Å². The van der Waals surface area contributed by atoms with E-state index in [1.807, 2.05) is 13.8 Å². The van der Waals surface area contributed by atoms with Gasteiger partial charge in [-0.05, 0) is 103 Å². The van der Waals surface area contributed by atoms with Gasteiger partial charge in [0.25, 0.3) is 0 Å². The molecule has 0 saturated carbocycles. The van der Waals surface area contributed by atoms with Crippen molar-refractivity contribution in [2.45, 2.75) is 46.0 Å². The molecule has 0 aliphatic carbocycles. The van der Waals surface area contributed by atoms with Crippen molar-refractivity contribution >= 4 is 16.6 Å². The van der Waals surface area contributed by atoms with E-state index in [1.54, 1.807) is 7.11 Å². The number of anilines is 1. The number of pyridine rings is 1. The van der Waals surface area contributed by atoms with E-state index in [-0.39, 0.29) is 0 Å². The van der Waals surface area contributed by atoms with Crippen LogP contribution < -0.4 is 14.4 Å². The number of hydrogen-bond acceptors (Lipinski definition) is 7. The number of likely N-dealkylation sites (tertiary alicyclic amines) is 2. The van der Waals surface area contributed by atoms with Gasteiger partial charge in [-0.1, -0.05) is 0 Å². The molecule has 5 rings (SSSR count). The third-order valence-electron chi connectivity index (χ3n) is 8.25. The van der Waals surface area contributed by atoms with Crippen LogP contribution in [-0.4, -0.2) is 81.9 Å². The van der Waals surface area contributed by atoms with Crippen LogP contribution in [0.4, 0.5) is 5.69 Å². The van der Waals surface area contributed by atoms with E-state index in [0.29, 0.717) is 12.5 Å². The summed E-state index contributed by atoms with van der Waals surface area (Å²) in [6.07, 6.45) is 6.10. The molecule has 4 heterocycles. The first-order chi connectivity index (χ1) is 18.4. The summed E-state index contributed by atoms with van der Waals surface area (Å²) in [5.74, 6) is 4.00. The number of benzene rings is 1. The molecule has 2 saturated heterocycles. The highest BCUT2D eigenvalue weighted by atomic mass is 16.5. The summed E-state index contributed by atoms with van der Waals surface area (Å²) in [6.45, 7) is 11.5. The van der Waals surface area contributed by atoms with E-state index in [2.05, 4.69) is 53.1 Å². The van der Waals surface area contributed by atoms with Crippen LogP contribution in [0.1, 0.15) is 43.6 Å². The van der Waals surface area contributed by atoms with Gasteiger partial charge in [-0.2, -0.15) is 0 Å². The van der Waals surface area contributed by atoms with Crippen molar-refractivity contribution in [3.05, 3.63) is 35.8 Å². The van der Waals surface area contributed by atoms with Gasteiger partial charge in [-0.25, -0.2) is 4.98 Å². The number of ether oxygens (including phenoxy) is 2. The zero-order valence-electron chi connectivity index (χ0n) is 23.9. The monoisotopic (exact) mass is 520 g/mol. The predicted molar refractivity (Wildman–Crippen MR) is 155 cm³/mol. The normalized spacial score (nSPS) is 17.4. The van der Waals surface area contributed by atoms with Crippen molar-refractivity contribution in [2.75, 3.05) is 72.0 Å². The van der Waals surface area contributed by atoms with Crippen LogP contribution in [0, 0.1) is 19.8 Å². The third kappa shape index (κ3) is 6.10. The van der Waals surface area contributed by atoms with Gasteiger partial charge in [-0.3, -0.25) is 0 Å². The van der Waals surface area contributed by atoms with E-state index in [1.165, 1.54) is 57.5 Å². The SMILES string of the molecule is COc1cc2c(N(C)CC3CCN(C)CC3)cc(-c3cc(C)oc3C)nc2cc1OCCCN1CCCC1. The molecule has 0 atom stereocenters. The fraction of sp³-hybridized carbons (Fsp3) is 0.581. The van der Waals surface area contributed by atoms with E-state index < -0.39 is 0 Å². The number of furan rings is 1. The van der Waals surface area contributed by atoms with Crippen LogP contribution in [0.2, 0.25) is 0 Å². The lowest BCUT2D eigenvalue weighted by Gasteiger charge is -2.33. The fourth-order valence-corrected chi connectivity index (χ4v) is 6.03. The van der Waals surface area contributed by atoms with Gasteiger partial charge in [0.1, 0.15) is 11.5 Å². The molecule has 0 radical (unpaired) electrons. The molecule has 0 unspecified atom stereocenters. The Bertz CT molecular complexity index is 1230. The molecule has 2 aliphatic heterocycles. The van der Waals surface area contributed by atoms with Crippen molar-refractivity contribution in [3.63, 3.8) is 0 Å². The predicted octanol–water partition coefficient (Wildman–Crippen LogP) is 5.76. The van der Waals surface area contributed by atoms with E-state index in [4.69, 9.17) is 18.9 Å². The summed E-state index contributed by atoms with van der Waals surface area (Å²) in [4.78, 5) is 12.5. The van der Waals surface area contributed by atoms with Crippen LogP contribution in [-0.2, 0) is 0 Å². The lowest BCUT2D eigenvalue weighted by atomic mass is 9.96. The van der Waals surface area contributed by atoms with Crippen molar-refractivity contribution in [2.24, 2.45) is 5.92 Å². The molecule has 0 spiro atoms. The highest BCUT2D eigenvalue weighted by Gasteiger charge is 2.22. The first-order valence-corrected chi connectivity index (χ1v) is 14.3. The summed E-state index contributed by atoms with van der Waals surface area (Å²) < 4.78 is 18.0. The van der Waals surface area contributed by atoms with Gasteiger partial charge in [0.15, 0.2) is 11.5 Å². The largest absolute Gasteiger partial charge is 0.493 e. The van der Waals surface area contributed by atoms with Crippen molar-refractivity contribution < 1.29 is 13.9 Å². The highest BCUT2D eigenvalue weighted by Crippen LogP contribution is 2.39. The molecule has 1 aromatic carbocycles.